The molecule has 0 atom stereocenters. The van der Waals surface area contributed by atoms with Crippen LogP contribution in [-0.2, 0) is 0 Å². The summed E-state index contributed by atoms with van der Waals surface area (Å²) < 4.78 is 1.07. The van der Waals surface area contributed by atoms with E-state index in [1.54, 1.807) is 0 Å². The maximum atomic E-state index is 12.3. The van der Waals surface area contributed by atoms with E-state index in [2.05, 4.69) is 5.32 Å². The van der Waals surface area contributed by atoms with Crippen molar-refractivity contribution < 1.29 is 4.79 Å². The zero-order valence-electron chi connectivity index (χ0n) is 10.6. The minimum atomic E-state index is -0.0156. The van der Waals surface area contributed by atoms with Crippen LogP contribution in [0.5, 0.6) is 0 Å². The van der Waals surface area contributed by atoms with Gasteiger partial charge in [0.05, 0.1) is 5.02 Å². The van der Waals surface area contributed by atoms with Gasteiger partial charge in [0.1, 0.15) is 4.88 Å². The number of fused-ring (bicyclic) bond motifs is 1. The fourth-order valence-electron chi connectivity index (χ4n) is 2.66. The first-order valence-electron chi connectivity index (χ1n) is 6.73. The molecule has 1 saturated carbocycles. The van der Waals surface area contributed by atoms with Gasteiger partial charge in [-0.2, -0.15) is 0 Å². The lowest BCUT2D eigenvalue weighted by atomic mass is 9.95. The highest BCUT2D eigenvalue weighted by molar-refractivity contribution is 7.21. The molecule has 1 aromatic heterocycles. The predicted octanol–water partition coefficient (Wildman–Crippen LogP) is 4.62. The topological polar surface area (TPSA) is 29.1 Å². The Labute approximate surface area is 121 Å². The SMILES string of the molecule is O=C(NC1CCCCC1)c1sc2ccccc2c1Cl. The van der Waals surface area contributed by atoms with Crippen LogP contribution >= 0.6 is 22.9 Å². The van der Waals surface area contributed by atoms with Crippen LogP contribution in [0.1, 0.15) is 41.8 Å². The Morgan fingerprint density at radius 3 is 2.68 bits per heavy atom. The van der Waals surface area contributed by atoms with Crippen LogP contribution < -0.4 is 5.32 Å². The molecule has 4 heteroatoms. The van der Waals surface area contributed by atoms with E-state index in [0.29, 0.717) is 15.9 Å². The van der Waals surface area contributed by atoms with Gasteiger partial charge in [-0.3, -0.25) is 4.79 Å². The molecular formula is C15H16ClNOS. The second kappa shape index (κ2) is 5.51. The number of nitrogens with one attached hydrogen (secondary N) is 1. The van der Waals surface area contributed by atoms with E-state index in [-0.39, 0.29) is 5.91 Å². The quantitative estimate of drug-likeness (QED) is 0.860. The Kier molecular flexibility index (Phi) is 3.76. The van der Waals surface area contributed by atoms with Crippen molar-refractivity contribution in [3.8, 4) is 0 Å². The van der Waals surface area contributed by atoms with E-state index < -0.39 is 0 Å². The molecule has 2 nitrogen and oxygen atoms in total. The highest BCUT2D eigenvalue weighted by Gasteiger charge is 2.21. The summed E-state index contributed by atoms with van der Waals surface area (Å²) >= 11 is 7.80. The third kappa shape index (κ3) is 2.63. The average Bonchev–Trinajstić information content (AvgIpc) is 2.78. The van der Waals surface area contributed by atoms with Gasteiger partial charge >= 0.3 is 0 Å². The van der Waals surface area contributed by atoms with E-state index in [4.69, 9.17) is 11.6 Å². The third-order valence-electron chi connectivity index (χ3n) is 3.68. The average molecular weight is 294 g/mol. The van der Waals surface area contributed by atoms with Gasteiger partial charge in [0.25, 0.3) is 5.91 Å². The molecule has 0 unspecified atom stereocenters. The van der Waals surface area contributed by atoms with Gasteiger partial charge in [-0.05, 0) is 18.9 Å². The normalized spacial score (nSPS) is 16.7. The molecule has 1 N–H and O–H groups in total. The van der Waals surface area contributed by atoms with Crippen molar-refractivity contribution in [2.75, 3.05) is 0 Å². The van der Waals surface area contributed by atoms with E-state index in [1.807, 2.05) is 24.3 Å². The first-order valence-corrected chi connectivity index (χ1v) is 7.93. The van der Waals surface area contributed by atoms with Crippen molar-refractivity contribution in [3.05, 3.63) is 34.2 Å². The van der Waals surface area contributed by atoms with Gasteiger partial charge in [-0.1, -0.05) is 49.1 Å². The first kappa shape index (κ1) is 12.9. The Morgan fingerprint density at radius 2 is 1.95 bits per heavy atom. The van der Waals surface area contributed by atoms with Crippen molar-refractivity contribution in [2.45, 2.75) is 38.1 Å². The molecule has 0 saturated heterocycles. The van der Waals surface area contributed by atoms with Crippen LogP contribution in [0, 0.1) is 0 Å². The van der Waals surface area contributed by atoms with Crippen molar-refractivity contribution >= 4 is 38.9 Å². The molecule has 1 amide bonds. The Balaban J connectivity index is 1.83. The van der Waals surface area contributed by atoms with E-state index in [9.17, 15) is 4.79 Å². The number of rotatable bonds is 2. The summed E-state index contributed by atoms with van der Waals surface area (Å²) in [6.45, 7) is 0. The summed E-state index contributed by atoms with van der Waals surface area (Å²) in [6, 6.07) is 8.21. The molecule has 0 radical (unpaired) electrons. The Bertz CT molecular complexity index is 601. The van der Waals surface area contributed by atoms with E-state index in [0.717, 1.165) is 22.9 Å². The summed E-state index contributed by atoms with van der Waals surface area (Å²) in [4.78, 5) is 13.0. The van der Waals surface area contributed by atoms with Crippen LogP contribution in [0.2, 0.25) is 5.02 Å². The van der Waals surface area contributed by atoms with Crippen LogP contribution in [0.3, 0.4) is 0 Å². The van der Waals surface area contributed by atoms with Gasteiger partial charge in [-0.15, -0.1) is 11.3 Å². The monoisotopic (exact) mass is 293 g/mol. The third-order valence-corrected chi connectivity index (χ3v) is 5.36. The molecule has 100 valence electrons. The highest BCUT2D eigenvalue weighted by Crippen LogP contribution is 2.35. The molecule has 1 fully saturated rings. The van der Waals surface area contributed by atoms with Gasteiger partial charge < -0.3 is 5.32 Å². The van der Waals surface area contributed by atoms with Gasteiger partial charge in [0.2, 0.25) is 0 Å². The number of thiophene rings is 1. The van der Waals surface area contributed by atoms with Crippen molar-refractivity contribution in [3.63, 3.8) is 0 Å². The highest BCUT2D eigenvalue weighted by atomic mass is 35.5. The number of hydrogen-bond donors (Lipinski definition) is 1. The smallest absolute Gasteiger partial charge is 0.263 e. The van der Waals surface area contributed by atoms with Crippen LogP contribution in [0.15, 0.2) is 24.3 Å². The molecule has 0 bridgehead atoms. The lowest BCUT2D eigenvalue weighted by Crippen LogP contribution is -2.35. The van der Waals surface area contributed by atoms with Crippen molar-refractivity contribution in [1.29, 1.82) is 0 Å². The number of benzene rings is 1. The summed E-state index contributed by atoms with van der Waals surface area (Å²) in [5.41, 5.74) is 0. The lowest BCUT2D eigenvalue weighted by Gasteiger charge is -2.22. The number of carbonyl (C=O) groups excluding carboxylic acids is 1. The summed E-state index contributed by atoms with van der Waals surface area (Å²) in [7, 11) is 0. The molecule has 19 heavy (non-hydrogen) atoms. The molecule has 1 heterocycles. The molecule has 3 rings (SSSR count). The largest absolute Gasteiger partial charge is 0.349 e. The van der Waals surface area contributed by atoms with Gasteiger partial charge in [0.15, 0.2) is 0 Å². The predicted molar refractivity (Wildman–Crippen MR) is 81.2 cm³/mol. The van der Waals surface area contributed by atoms with Crippen molar-refractivity contribution in [1.82, 2.24) is 5.32 Å². The van der Waals surface area contributed by atoms with E-state index >= 15 is 0 Å². The zero-order chi connectivity index (χ0) is 13.2. The van der Waals surface area contributed by atoms with Crippen LogP contribution in [-0.4, -0.2) is 11.9 Å². The Morgan fingerprint density at radius 1 is 1.21 bits per heavy atom. The number of amides is 1. The first-order chi connectivity index (χ1) is 9.25. The molecule has 0 spiro atoms. The second-order valence-corrected chi connectivity index (χ2v) is 6.48. The lowest BCUT2D eigenvalue weighted by molar-refractivity contribution is 0.0932. The minimum Gasteiger partial charge on any atom is -0.349 e. The van der Waals surface area contributed by atoms with Crippen LogP contribution in [0.25, 0.3) is 10.1 Å². The maximum Gasteiger partial charge on any atom is 0.263 e. The number of hydrogen-bond acceptors (Lipinski definition) is 2. The maximum absolute atomic E-state index is 12.3. The molecule has 1 aliphatic carbocycles. The molecular weight excluding hydrogens is 278 g/mol. The second-order valence-electron chi connectivity index (χ2n) is 5.05. The zero-order valence-corrected chi connectivity index (χ0v) is 12.2. The fourth-order valence-corrected chi connectivity index (χ4v) is 4.08. The minimum absolute atomic E-state index is 0.0156. The number of carbonyl (C=O) groups is 1. The van der Waals surface area contributed by atoms with Crippen molar-refractivity contribution in [2.24, 2.45) is 0 Å². The summed E-state index contributed by atoms with van der Waals surface area (Å²) in [5, 5.41) is 4.69. The molecule has 1 aliphatic rings. The fraction of sp³-hybridized carbons (Fsp3) is 0.400. The Hall–Kier alpha value is -1.06. The number of halogens is 1. The van der Waals surface area contributed by atoms with Gasteiger partial charge in [0, 0.05) is 16.1 Å². The molecule has 0 aliphatic heterocycles. The molecule has 2 aromatic rings. The summed E-state index contributed by atoms with van der Waals surface area (Å²) in [5.74, 6) is -0.0156. The molecule has 1 aromatic carbocycles. The summed E-state index contributed by atoms with van der Waals surface area (Å²) in [6.07, 6.45) is 5.90. The van der Waals surface area contributed by atoms with Gasteiger partial charge in [-0.25, -0.2) is 0 Å². The van der Waals surface area contributed by atoms with E-state index in [1.165, 1.54) is 30.6 Å². The van der Waals surface area contributed by atoms with Crippen LogP contribution in [0.4, 0.5) is 0 Å². The standard InChI is InChI=1S/C15H16ClNOS/c16-13-11-8-4-5-9-12(11)19-14(13)15(18)17-10-6-2-1-3-7-10/h4-5,8-10H,1-3,6-7H2,(H,17,18).